The molecule has 0 aliphatic rings. The summed E-state index contributed by atoms with van der Waals surface area (Å²) in [6, 6.07) is 0. The summed E-state index contributed by atoms with van der Waals surface area (Å²) in [4.78, 5) is 0. The van der Waals surface area contributed by atoms with Crippen LogP contribution in [0.2, 0.25) is 5.54 Å². The Morgan fingerprint density at radius 3 is 2.33 bits per heavy atom. The maximum atomic E-state index is 4.88. The SMILES string of the molecule is [CH2]C(C)[SiH2]OC. The minimum atomic E-state index is -0.255. The van der Waals surface area contributed by atoms with Gasteiger partial charge in [0.2, 0.25) is 0 Å². The zero-order valence-electron chi connectivity index (χ0n) is 4.40. The Bertz CT molecular complexity index is 28.7. The Morgan fingerprint density at radius 1 is 1.83 bits per heavy atom. The second-order valence-corrected chi connectivity index (χ2v) is 3.87. The van der Waals surface area contributed by atoms with Crippen molar-refractivity contribution in [3.63, 3.8) is 0 Å². The summed E-state index contributed by atoms with van der Waals surface area (Å²) in [5, 5.41) is 0. The maximum absolute atomic E-state index is 4.88. The first kappa shape index (κ1) is 6.18. The highest BCUT2D eigenvalue weighted by Gasteiger charge is 1.88. The van der Waals surface area contributed by atoms with Gasteiger partial charge in [-0.15, -0.1) is 0 Å². The summed E-state index contributed by atoms with van der Waals surface area (Å²) in [6.07, 6.45) is 0. The predicted octanol–water partition coefficient (Wildman–Crippen LogP) is 0.359. The van der Waals surface area contributed by atoms with Gasteiger partial charge in [-0.05, 0) is 5.54 Å². The zero-order valence-corrected chi connectivity index (χ0v) is 5.81. The van der Waals surface area contributed by atoms with Gasteiger partial charge >= 0.3 is 0 Å². The fraction of sp³-hybridized carbons (Fsp3) is 0.750. The molecular formula is C4H11OSi. The van der Waals surface area contributed by atoms with Gasteiger partial charge in [0.25, 0.3) is 0 Å². The predicted molar refractivity (Wildman–Crippen MR) is 30.3 cm³/mol. The lowest BCUT2D eigenvalue weighted by Crippen LogP contribution is -1.96. The molecule has 0 aromatic heterocycles. The van der Waals surface area contributed by atoms with E-state index >= 15 is 0 Å². The van der Waals surface area contributed by atoms with Gasteiger partial charge in [0.1, 0.15) is 0 Å². The smallest absolute Gasteiger partial charge is 0.163 e. The molecule has 0 saturated carbocycles. The highest BCUT2D eigenvalue weighted by molar-refractivity contribution is 6.29. The molecule has 0 fully saturated rings. The van der Waals surface area contributed by atoms with Gasteiger partial charge in [0.05, 0.1) is 0 Å². The van der Waals surface area contributed by atoms with Crippen molar-refractivity contribution in [2.45, 2.75) is 12.5 Å². The van der Waals surface area contributed by atoms with Gasteiger partial charge in [-0.3, -0.25) is 0 Å². The van der Waals surface area contributed by atoms with E-state index in [1.54, 1.807) is 7.11 Å². The zero-order chi connectivity index (χ0) is 4.99. The summed E-state index contributed by atoms with van der Waals surface area (Å²) in [5.41, 5.74) is 0.565. The normalized spacial score (nSPS) is 12.0. The van der Waals surface area contributed by atoms with Crippen LogP contribution in [0.15, 0.2) is 0 Å². The van der Waals surface area contributed by atoms with E-state index in [1.807, 2.05) is 0 Å². The van der Waals surface area contributed by atoms with Crippen molar-refractivity contribution in [2.24, 2.45) is 0 Å². The molecule has 1 radical (unpaired) electrons. The average Bonchev–Trinajstić information content (AvgIpc) is 1.35. The lowest BCUT2D eigenvalue weighted by molar-refractivity contribution is 0.437. The maximum Gasteiger partial charge on any atom is 0.163 e. The van der Waals surface area contributed by atoms with Gasteiger partial charge < -0.3 is 4.43 Å². The quantitative estimate of drug-likeness (QED) is 0.458. The van der Waals surface area contributed by atoms with E-state index in [0.29, 0.717) is 5.54 Å². The molecule has 0 heterocycles. The standard InChI is InChI=1S/C4H11OSi/c1-4(2)6-5-3/h4H,1,6H2,2-3H3. The van der Waals surface area contributed by atoms with E-state index in [-0.39, 0.29) is 9.76 Å². The van der Waals surface area contributed by atoms with Crippen LogP contribution in [0.1, 0.15) is 6.92 Å². The van der Waals surface area contributed by atoms with Crippen LogP contribution >= 0.6 is 0 Å². The molecule has 0 saturated heterocycles. The topological polar surface area (TPSA) is 9.23 Å². The molecule has 1 atom stereocenters. The Kier molecular flexibility index (Phi) is 3.47. The van der Waals surface area contributed by atoms with Crippen LogP contribution in [0.4, 0.5) is 0 Å². The van der Waals surface area contributed by atoms with Gasteiger partial charge in [0, 0.05) is 7.11 Å². The van der Waals surface area contributed by atoms with Crippen LogP contribution < -0.4 is 0 Å². The molecular weight excluding hydrogens is 92.1 g/mol. The van der Waals surface area contributed by atoms with Crippen molar-refractivity contribution in [1.29, 1.82) is 0 Å². The van der Waals surface area contributed by atoms with Gasteiger partial charge in [0.15, 0.2) is 9.76 Å². The number of rotatable bonds is 2. The molecule has 2 heteroatoms. The first-order valence-corrected chi connectivity index (χ1v) is 3.48. The molecule has 0 aliphatic carbocycles. The van der Waals surface area contributed by atoms with Crippen molar-refractivity contribution in [3.8, 4) is 0 Å². The third kappa shape index (κ3) is 4.18. The average molecular weight is 103 g/mol. The lowest BCUT2D eigenvalue weighted by Gasteiger charge is -1.96. The minimum Gasteiger partial charge on any atom is -0.427 e. The van der Waals surface area contributed by atoms with Crippen LogP contribution in [0.5, 0.6) is 0 Å². The molecule has 0 bridgehead atoms. The highest BCUT2D eigenvalue weighted by atomic mass is 28.2. The minimum absolute atomic E-state index is 0.255. The molecule has 0 spiro atoms. The van der Waals surface area contributed by atoms with Crippen molar-refractivity contribution >= 4 is 9.76 Å². The number of hydrogen-bond acceptors (Lipinski definition) is 1. The first-order chi connectivity index (χ1) is 2.77. The van der Waals surface area contributed by atoms with Crippen molar-refractivity contribution in [2.75, 3.05) is 7.11 Å². The lowest BCUT2D eigenvalue weighted by atomic mass is 10.6. The van der Waals surface area contributed by atoms with E-state index in [1.165, 1.54) is 0 Å². The molecule has 1 nitrogen and oxygen atoms in total. The molecule has 0 amide bonds. The molecule has 0 aromatic carbocycles. The molecule has 0 rings (SSSR count). The fourth-order valence-corrected chi connectivity index (χ4v) is 0.854. The fourth-order valence-electron chi connectivity index (χ4n) is 0.285. The third-order valence-corrected chi connectivity index (χ3v) is 1.35. The molecule has 37 valence electrons. The Hall–Kier alpha value is 0.177. The van der Waals surface area contributed by atoms with Gasteiger partial charge in [-0.2, -0.15) is 0 Å². The molecule has 0 aliphatic heterocycles. The monoisotopic (exact) mass is 103 g/mol. The van der Waals surface area contributed by atoms with Gasteiger partial charge in [-0.25, -0.2) is 0 Å². The summed E-state index contributed by atoms with van der Waals surface area (Å²) < 4.78 is 4.88. The molecule has 6 heavy (non-hydrogen) atoms. The molecule has 1 unspecified atom stereocenters. The second kappa shape index (κ2) is 3.37. The Morgan fingerprint density at radius 2 is 2.33 bits per heavy atom. The summed E-state index contributed by atoms with van der Waals surface area (Å²) >= 11 is 0. The van der Waals surface area contributed by atoms with Crippen LogP contribution in [-0.2, 0) is 4.43 Å². The van der Waals surface area contributed by atoms with Crippen molar-refractivity contribution < 1.29 is 4.43 Å². The Balaban J connectivity index is 2.63. The summed E-state index contributed by atoms with van der Waals surface area (Å²) in [5.74, 6) is 0. The molecule has 0 N–H and O–H groups in total. The van der Waals surface area contributed by atoms with E-state index in [9.17, 15) is 0 Å². The third-order valence-electron chi connectivity index (χ3n) is 0.451. The second-order valence-electron chi connectivity index (χ2n) is 1.56. The van der Waals surface area contributed by atoms with E-state index in [2.05, 4.69) is 13.8 Å². The van der Waals surface area contributed by atoms with Crippen molar-refractivity contribution in [3.05, 3.63) is 6.92 Å². The summed E-state index contributed by atoms with van der Waals surface area (Å²) in [6.45, 7) is 5.84. The van der Waals surface area contributed by atoms with Crippen LogP contribution in [-0.4, -0.2) is 16.9 Å². The number of hydrogen-bond donors (Lipinski definition) is 0. The Labute approximate surface area is 41.6 Å². The highest BCUT2D eigenvalue weighted by Crippen LogP contribution is 1.93. The largest absolute Gasteiger partial charge is 0.427 e. The van der Waals surface area contributed by atoms with E-state index in [4.69, 9.17) is 4.43 Å². The van der Waals surface area contributed by atoms with Crippen molar-refractivity contribution in [1.82, 2.24) is 0 Å². The molecule has 0 aromatic rings. The van der Waals surface area contributed by atoms with Crippen LogP contribution in [0.25, 0.3) is 0 Å². The van der Waals surface area contributed by atoms with E-state index < -0.39 is 0 Å². The van der Waals surface area contributed by atoms with Gasteiger partial charge in [-0.1, -0.05) is 13.8 Å². The first-order valence-electron chi connectivity index (χ1n) is 2.09. The summed E-state index contributed by atoms with van der Waals surface area (Å²) in [7, 11) is 1.49. The van der Waals surface area contributed by atoms with Crippen LogP contribution in [0, 0.1) is 6.92 Å². The van der Waals surface area contributed by atoms with E-state index in [0.717, 1.165) is 0 Å². The van der Waals surface area contributed by atoms with Crippen LogP contribution in [0.3, 0.4) is 0 Å².